The quantitative estimate of drug-likeness (QED) is 0.827. The Morgan fingerprint density at radius 3 is 3.00 bits per heavy atom. The standard InChI is InChI=1S/C14H18O2/c1-2-10-9-14(10,15)12-7-8-16-13-6-4-3-5-11(12)13/h3-6,10,12,15H,2,7-9H2,1H3. The number of fused-ring (bicyclic) bond motifs is 1. The van der Waals surface area contributed by atoms with E-state index in [0.717, 1.165) is 31.6 Å². The van der Waals surface area contributed by atoms with Gasteiger partial charge in [0.25, 0.3) is 0 Å². The lowest BCUT2D eigenvalue weighted by molar-refractivity contribution is 0.0777. The van der Waals surface area contributed by atoms with Crippen molar-refractivity contribution in [3.8, 4) is 5.75 Å². The Morgan fingerprint density at radius 1 is 1.44 bits per heavy atom. The van der Waals surface area contributed by atoms with Crippen LogP contribution >= 0.6 is 0 Å². The summed E-state index contributed by atoms with van der Waals surface area (Å²) in [6, 6.07) is 8.14. The molecule has 0 amide bonds. The number of benzene rings is 1. The average molecular weight is 218 g/mol. The molecule has 3 atom stereocenters. The molecule has 16 heavy (non-hydrogen) atoms. The van der Waals surface area contributed by atoms with E-state index in [2.05, 4.69) is 13.0 Å². The highest BCUT2D eigenvalue weighted by molar-refractivity contribution is 5.41. The first kappa shape index (κ1) is 10.2. The first-order valence-electron chi connectivity index (χ1n) is 6.20. The van der Waals surface area contributed by atoms with Gasteiger partial charge >= 0.3 is 0 Å². The molecule has 3 rings (SSSR count). The van der Waals surface area contributed by atoms with Crippen molar-refractivity contribution in [2.24, 2.45) is 5.92 Å². The largest absolute Gasteiger partial charge is 0.493 e. The Hall–Kier alpha value is -1.02. The molecule has 1 heterocycles. The monoisotopic (exact) mass is 218 g/mol. The van der Waals surface area contributed by atoms with Crippen molar-refractivity contribution in [3.05, 3.63) is 29.8 Å². The first-order valence-corrected chi connectivity index (χ1v) is 6.20. The van der Waals surface area contributed by atoms with Crippen LogP contribution in [-0.4, -0.2) is 17.3 Å². The Labute approximate surface area is 96.2 Å². The maximum absolute atomic E-state index is 10.6. The third kappa shape index (κ3) is 1.36. The topological polar surface area (TPSA) is 29.5 Å². The van der Waals surface area contributed by atoms with Crippen molar-refractivity contribution in [1.82, 2.24) is 0 Å². The van der Waals surface area contributed by atoms with Crippen LogP contribution in [0.5, 0.6) is 5.75 Å². The van der Waals surface area contributed by atoms with E-state index in [-0.39, 0.29) is 5.92 Å². The van der Waals surface area contributed by atoms with Gasteiger partial charge in [0.2, 0.25) is 0 Å². The van der Waals surface area contributed by atoms with Gasteiger partial charge in [0.05, 0.1) is 12.2 Å². The van der Waals surface area contributed by atoms with Crippen molar-refractivity contribution in [2.75, 3.05) is 6.61 Å². The molecule has 86 valence electrons. The molecule has 0 bridgehead atoms. The molecule has 2 heteroatoms. The third-order valence-electron chi connectivity index (χ3n) is 4.17. The smallest absolute Gasteiger partial charge is 0.122 e. The minimum Gasteiger partial charge on any atom is -0.493 e. The summed E-state index contributed by atoms with van der Waals surface area (Å²) in [4.78, 5) is 0. The molecule has 2 nitrogen and oxygen atoms in total. The van der Waals surface area contributed by atoms with Crippen molar-refractivity contribution in [2.45, 2.75) is 37.7 Å². The van der Waals surface area contributed by atoms with Gasteiger partial charge in [-0.2, -0.15) is 0 Å². The molecular weight excluding hydrogens is 200 g/mol. The van der Waals surface area contributed by atoms with Crippen molar-refractivity contribution in [1.29, 1.82) is 0 Å². The summed E-state index contributed by atoms with van der Waals surface area (Å²) in [5.74, 6) is 1.74. The van der Waals surface area contributed by atoms with Gasteiger partial charge in [-0.05, 0) is 24.8 Å². The molecule has 2 aliphatic rings. The molecule has 1 saturated carbocycles. The highest BCUT2D eigenvalue weighted by Crippen LogP contribution is 2.57. The highest BCUT2D eigenvalue weighted by Gasteiger charge is 2.57. The Bertz CT molecular complexity index is 401. The van der Waals surface area contributed by atoms with Gasteiger partial charge in [0.1, 0.15) is 5.75 Å². The molecular formula is C14H18O2. The van der Waals surface area contributed by atoms with Crippen LogP contribution in [0.1, 0.15) is 37.7 Å². The number of hydrogen-bond donors (Lipinski definition) is 1. The molecule has 1 aliphatic carbocycles. The fourth-order valence-electron chi connectivity index (χ4n) is 3.12. The van der Waals surface area contributed by atoms with E-state index in [1.54, 1.807) is 0 Å². The SMILES string of the molecule is CCC1CC1(O)C1CCOc2ccccc21. The van der Waals surface area contributed by atoms with E-state index in [9.17, 15) is 5.11 Å². The highest BCUT2D eigenvalue weighted by atomic mass is 16.5. The van der Waals surface area contributed by atoms with E-state index in [0.29, 0.717) is 5.92 Å². The van der Waals surface area contributed by atoms with Crippen LogP contribution in [0.4, 0.5) is 0 Å². The number of para-hydroxylation sites is 1. The number of ether oxygens (including phenoxy) is 1. The van der Waals surface area contributed by atoms with Crippen molar-refractivity contribution in [3.63, 3.8) is 0 Å². The summed E-state index contributed by atoms with van der Waals surface area (Å²) in [5, 5.41) is 10.6. The summed E-state index contributed by atoms with van der Waals surface area (Å²) >= 11 is 0. The Kier molecular flexibility index (Phi) is 2.21. The fraction of sp³-hybridized carbons (Fsp3) is 0.571. The fourth-order valence-corrected chi connectivity index (χ4v) is 3.12. The molecule has 3 unspecified atom stereocenters. The lowest BCUT2D eigenvalue weighted by atomic mass is 9.85. The average Bonchev–Trinajstić information content (AvgIpc) is 3.01. The van der Waals surface area contributed by atoms with E-state index < -0.39 is 5.60 Å². The molecule has 1 aromatic carbocycles. The summed E-state index contributed by atoms with van der Waals surface area (Å²) in [7, 11) is 0. The maximum atomic E-state index is 10.6. The van der Waals surface area contributed by atoms with E-state index in [1.807, 2.05) is 18.2 Å². The van der Waals surface area contributed by atoms with Crippen LogP contribution in [0.25, 0.3) is 0 Å². The second-order valence-electron chi connectivity index (χ2n) is 5.03. The molecule has 0 radical (unpaired) electrons. The zero-order valence-corrected chi connectivity index (χ0v) is 9.65. The third-order valence-corrected chi connectivity index (χ3v) is 4.17. The van der Waals surface area contributed by atoms with E-state index in [4.69, 9.17) is 4.74 Å². The number of hydrogen-bond acceptors (Lipinski definition) is 2. The van der Waals surface area contributed by atoms with Crippen LogP contribution in [-0.2, 0) is 0 Å². The molecule has 1 aliphatic heterocycles. The van der Waals surface area contributed by atoms with Gasteiger partial charge in [0, 0.05) is 11.5 Å². The lowest BCUT2D eigenvalue weighted by Gasteiger charge is -2.30. The molecule has 1 N–H and O–H groups in total. The van der Waals surface area contributed by atoms with Crippen LogP contribution in [0.15, 0.2) is 24.3 Å². The predicted octanol–water partition coefficient (Wildman–Crippen LogP) is 2.71. The zero-order valence-electron chi connectivity index (χ0n) is 9.65. The van der Waals surface area contributed by atoms with Crippen LogP contribution in [0.2, 0.25) is 0 Å². The molecule has 0 saturated heterocycles. The Morgan fingerprint density at radius 2 is 2.25 bits per heavy atom. The van der Waals surface area contributed by atoms with Gasteiger partial charge in [0.15, 0.2) is 0 Å². The van der Waals surface area contributed by atoms with Gasteiger partial charge < -0.3 is 9.84 Å². The summed E-state index contributed by atoms with van der Waals surface area (Å²) < 4.78 is 5.63. The van der Waals surface area contributed by atoms with Gasteiger partial charge in [-0.15, -0.1) is 0 Å². The van der Waals surface area contributed by atoms with Gasteiger partial charge in [-0.3, -0.25) is 0 Å². The van der Waals surface area contributed by atoms with E-state index >= 15 is 0 Å². The zero-order chi connectivity index (χ0) is 11.2. The maximum Gasteiger partial charge on any atom is 0.122 e. The van der Waals surface area contributed by atoms with Gasteiger partial charge in [-0.1, -0.05) is 31.5 Å². The van der Waals surface area contributed by atoms with Crippen molar-refractivity contribution >= 4 is 0 Å². The predicted molar refractivity (Wildman–Crippen MR) is 62.6 cm³/mol. The normalized spacial score (nSPS) is 36.4. The first-order chi connectivity index (χ1) is 7.75. The van der Waals surface area contributed by atoms with E-state index in [1.165, 1.54) is 5.56 Å². The minimum atomic E-state index is -0.450. The van der Waals surface area contributed by atoms with Gasteiger partial charge in [-0.25, -0.2) is 0 Å². The van der Waals surface area contributed by atoms with Crippen LogP contribution in [0, 0.1) is 5.92 Å². The van der Waals surface area contributed by atoms with Crippen LogP contribution < -0.4 is 4.74 Å². The lowest BCUT2D eigenvalue weighted by Crippen LogP contribution is -2.28. The van der Waals surface area contributed by atoms with Crippen molar-refractivity contribution < 1.29 is 9.84 Å². The number of aliphatic hydroxyl groups is 1. The second kappa shape index (κ2) is 3.49. The minimum absolute atomic E-state index is 0.280. The molecule has 0 spiro atoms. The second-order valence-corrected chi connectivity index (χ2v) is 5.03. The van der Waals surface area contributed by atoms with Crippen LogP contribution in [0.3, 0.4) is 0 Å². The molecule has 1 aromatic rings. The number of rotatable bonds is 2. The summed E-state index contributed by atoms with van der Waals surface area (Å²) in [6.45, 7) is 2.90. The molecule has 0 aromatic heterocycles. The summed E-state index contributed by atoms with van der Waals surface area (Å²) in [6.07, 6.45) is 2.99. The summed E-state index contributed by atoms with van der Waals surface area (Å²) in [5.41, 5.74) is 0.751. The Balaban J connectivity index is 1.94. The molecule has 1 fully saturated rings.